The number of rotatable bonds is 2. The van der Waals surface area contributed by atoms with E-state index in [2.05, 4.69) is 10.9 Å². The summed E-state index contributed by atoms with van der Waals surface area (Å²) >= 11 is 5.02. The molecule has 0 aliphatic heterocycles. The Morgan fingerprint density at radius 3 is 2.45 bits per heavy atom. The van der Waals surface area contributed by atoms with E-state index >= 15 is 0 Å². The zero-order chi connectivity index (χ0) is 8.10. The third-order valence-electron chi connectivity index (χ3n) is 1.08. The molecule has 0 aromatic heterocycles. The van der Waals surface area contributed by atoms with Gasteiger partial charge in [0.15, 0.2) is 0 Å². The number of amides is 1. The molecule has 0 heterocycles. The topological polar surface area (TPSA) is 41.1 Å². The van der Waals surface area contributed by atoms with E-state index in [0.717, 1.165) is 5.69 Å². The Labute approximate surface area is 69.3 Å². The Morgan fingerprint density at radius 1 is 1.27 bits per heavy atom. The number of halogens is 1. The van der Waals surface area contributed by atoms with E-state index in [9.17, 15) is 4.79 Å². The van der Waals surface area contributed by atoms with Crippen molar-refractivity contribution in [3.05, 3.63) is 30.3 Å². The zero-order valence-electron chi connectivity index (χ0n) is 5.67. The fraction of sp³-hybridized carbons (Fsp3) is 0. The quantitative estimate of drug-likeness (QED) is 0.405. The number of hydrazine groups is 1. The van der Waals surface area contributed by atoms with Crippen molar-refractivity contribution in [1.82, 2.24) is 5.43 Å². The van der Waals surface area contributed by atoms with Crippen LogP contribution in [0.25, 0.3) is 0 Å². The zero-order valence-corrected chi connectivity index (χ0v) is 6.43. The second-order valence-corrected chi connectivity index (χ2v) is 2.23. The Balaban J connectivity index is 2.45. The predicted octanol–water partition coefficient (Wildman–Crippen LogP) is 1.96. The van der Waals surface area contributed by atoms with Crippen molar-refractivity contribution in [2.75, 3.05) is 5.43 Å². The molecule has 11 heavy (non-hydrogen) atoms. The number of nitrogens with one attached hydrogen (secondary N) is 2. The van der Waals surface area contributed by atoms with Crippen LogP contribution in [-0.2, 0) is 0 Å². The van der Waals surface area contributed by atoms with Gasteiger partial charge in [0.2, 0.25) is 0 Å². The Hall–Kier alpha value is -1.22. The maximum absolute atomic E-state index is 10.2. The average Bonchev–Trinajstić information content (AvgIpc) is 2.03. The summed E-state index contributed by atoms with van der Waals surface area (Å²) < 4.78 is 0. The van der Waals surface area contributed by atoms with Gasteiger partial charge in [-0.1, -0.05) is 18.2 Å². The van der Waals surface area contributed by atoms with Gasteiger partial charge in [-0.15, -0.1) is 0 Å². The SMILES string of the molecule is O=C(Cl)NNc1ccccc1. The number of hydrogen-bond donors (Lipinski definition) is 2. The molecule has 58 valence electrons. The normalized spacial score (nSPS) is 8.82. The van der Waals surface area contributed by atoms with Crippen LogP contribution in [0.3, 0.4) is 0 Å². The molecule has 1 amide bonds. The summed E-state index contributed by atoms with van der Waals surface area (Å²) in [7, 11) is 0. The van der Waals surface area contributed by atoms with Crippen molar-refractivity contribution in [2.45, 2.75) is 0 Å². The van der Waals surface area contributed by atoms with E-state index in [1.807, 2.05) is 30.3 Å². The number of carbonyl (C=O) groups is 1. The molecule has 0 aliphatic carbocycles. The molecular weight excluding hydrogens is 164 g/mol. The second kappa shape index (κ2) is 3.83. The van der Waals surface area contributed by atoms with Gasteiger partial charge in [0, 0.05) is 0 Å². The Morgan fingerprint density at radius 2 is 1.91 bits per heavy atom. The summed E-state index contributed by atoms with van der Waals surface area (Å²) in [6.07, 6.45) is 0. The molecule has 0 saturated heterocycles. The number of para-hydroxylation sites is 1. The van der Waals surface area contributed by atoms with E-state index in [4.69, 9.17) is 11.6 Å². The summed E-state index contributed by atoms with van der Waals surface area (Å²) in [5.41, 5.74) is 5.64. The van der Waals surface area contributed by atoms with Crippen molar-refractivity contribution in [2.24, 2.45) is 0 Å². The van der Waals surface area contributed by atoms with Crippen LogP contribution in [0.15, 0.2) is 30.3 Å². The minimum absolute atomic E-state index is 0.631. The minimum atomic E-state index is -0.631. The highest BCUT2D eigenvalue weighted by atomic mass is 35.5. The first-order valence-electron chi connectivity index (χ1n) is 3.05. The number of carbonyl (C=O) groups excluding carboxylic acids is 1. The highest BCUT2D eigenvalue weighted by molar-refractivity contribution is 6.63. The van der Waals surface area contributed by atoms with Gasteiger partial charge in [-0.2, -0.15) is 0 Å². The fourth-order valence-electron chi connectivity index (χ4n) is 0.643. The summed E-state index contributed by atoms with van der Waals surface area (Å²) in [4.78, 5) is 10.2. The molecule has 3 nitrogen and oxygen atoms in total. The highest BCUT2D eigenvalue weighted by Crippen LogP contribution is 2.02. The van der Waals surface area contributed by atoms with Gasteiger partial charge in [-0.3, -0.25) is 15.6 Å². The Bertz CT molecular complexity index is 237. The third kappa shape index (κ3) is 2.91. The van der Waals surface area contributed by atoms with Gasteiger partial charge >= 0.3 is 5.37 Å². The lowest BCUT2D eigenvalue weighted by atomic mass is 10.3. The van der Waals surface area contributed by atoms with Crippen LogP contribution in [0, 0.1) is 0 Å². The van der Waals surface area contributed by atoms with E-state index in [0.29, 0.717) is 0 Å². The van der Waals surface area contributed by atoms with Crippen LogP contribution in [0.1, 0.15) is 0 Å². The Kier molecular flexibility index (Phi) is 2.74. The molecule has 0 unspecified atom stereocenters. The molecule has 0 spiro atoms. The van der Waals surface area contributed by atoms with Crippen LogP contribution in [0.2, 0.25) is 0 Å². The van der Waals surface area contributed by atoms with E-state index in [1.54, 1.807) is 0 Å². The maximum Gasteiger partial charge on any atom is 0.332 e. The fourth-order valence-corrected chi connectivity index (χ4v) is 0.690. The number of anilines is 1. The van der Waals surface area contributed by atoms with Gasteiger partial charge < -0.3 is 0 Å². The van der Waals surface area contributed by atoms with E-state index in [-0.39, 0.29) is 0 Å². The smallest absolute Gasteiger partial charge is 0.298 e. The summed E-state index contributed by atoms with van der Waals surface area (Å²) in [5.74, 6) is 0. The highest BCUT2D eigenvalue weighted by Gasteiger charge is 1.90. The summed E-state index contributed by atoms with van der Waals surface area (Å²) in [6.45, 7) is 0. The lowest BCUT2D eigenvalue weighted by Gasteiger charge is -2.03. The second-order valence-electron chi connectivity index (χ2n) is 1.89. The number of hydrogen-bond acceptors (Lipinski definition) is 2. The molecule has 0 saturated carbocycles. The first kappa shape index (κ1) is 7.88. The molecule has 0 fully saturated rings. The first-order valence-corrected chi connectivity index (χ1v) is 3.43. The van der Waals surface area contributed by atoms with Gasteiger partial charge in [-0.25, -0.2) is 0 Å². The predicted molar refractivity (Wildman–Crippen MR) is 44.4 cm³/mol. The van der Waals surface area contributed by atoms with Gasteiger partial charge in [0.05, 0.1) is 5.69 Å². The van der Waals surface area contributed by atoms with Crippen molar-refractivity contribution < 1.29 is 4.79 Å². The molecule has 0 radical (unpaired) electrons. The van der Waals surface area contributed by atoms with Crippen molar-refractivity contribution >= 4 is 22.7 Å². The molecule has 1 rings (SSSR count). The minimum Gasteiger partial charge on any atom is -0.298 e. The third-order valence-corrected chi connectivity index (χ3v) is 1.17. The van der Waals surface area contributed by atoms with Crippen molar-refractivity contribution in [1.29, 1.82) is 0 Å². The van der Waals surface area contributed by atoms with Crippen LogP contribution >= 0.6 is 11.6 Å². The van der Waals surface area contributed by atoms with Gasteiger partial charge in [0.1, 0.15) is 0 Å². The molecule has 0 aliphatic rings. The van der Waals surface area contributed by atoms with Crippen LogP contribution in [-0.4, -0.2) is 5.37 Å². The molecule has 4 heteroatoms. The molecule has 0 atom stereocenters. The van der Waals surface area contributed by atoms with Gasteiger partial charge in [0.25, 0.3) is 0 Å². The van der Waals surface area contributed by atoms with Crippen LogP contribution in [0.4, 0.5) is 10.5 Å². The molecule has 1 aromatic rings. The average molecular weight is 171 g/mol. The summed E-state index contributed by atoms with van der Waals surface area (Å²) in [6, 6.07) is 9.21. The standard InChI is InChI=1S/C7H7ClN2O/c8-7(11)10-9-6-4-2-1-3-5-6/h1-5,9H,(H,10,11). The molecule has 1 aromatic carbocycles. The number of benzene rings is 1. The van der Waals surface area contributed by atoms with Crippen LogP contribution in [0.5, 0.6) is 0 Å². The molecular formula is C7H7ClN2O. The lowest BCUT2D eigenvalue weighted by molar-refractivity contribution is 0.261. The maximum atomic E-state index is 10.2. The largest absolute Gasteiger partial charge is 0.332 e. The molecule has 0 bridgehead atoms. The first-order chi connectivity index (χ1) is 5.29. The van der Waals surface area contributed by atoms with E-state index in [1.165, 1.54) is 0 Å². The van der Waals surface area contributed by atoms with Gasteiger partial charge in [-0.05, 0) is 23.7 Å². The lowest BCUT2D eigenvalue weighted by Crippen LogP contribution is -2.23. The van der Waals surface area contributed by atoms with E-state index < -0.39 is 5.37 Å². The van der Waals surface area contributed by atoms with Crippen molar-refractivity contribution in [3.8, 4) is 0 Å². The van der Waals surface area contributed by atoms with Crippen LogP contribution < -0.4 is 10.9 Å². The molecule has 2 N–H and O–H groups in total. The summed E-state index contributed by atoms with van der Waals surface area (Å²) in [5, 5.41) is -0.631. The monoisotopic (exact) mass is 170 g/mol. The van der Waals surface area contributed by atoms with Crippen molar-refractivity contribution in [3.63, 3.8) is 0 Å².